The molecule has 7 heteroatoms. The number of hydrogen-bond donors (Lipinski definition) is 2. The molecule has 0 aromatic rings. The van der Waals surface area contributed by atoms with Gasteiger partial charge in [0.1, 0.15) is 7.85 Å². The lowest BCUT2D eigenvalue weighted by Gasteiger charge is -2.28. The summed E-state index contributed by atoms with van der Waals surface area (Å²) in [4.78, 5) is 0. The summed E-state index contributed by atoms with van der Waals surface area (Å²) in [6.07, 6.45) is 0.290. The van der Waals surface area contributed by atoms with E-state index >= 15 is 0 Å². The van der Waals surface area contributed by atoms with Gasteiger partial charge in [-0.25, -0.2) is 0 Å². The lowest BCUT2D eigenvalue weighted by molar-refractivity contribution is -0.0228. The number of ether oxygens (including phenoxy) is 3. The largest absolute Gasteiger partial charge is 0.378 e. The molecular formula is C12H27BNO3PS. The third-order valence-corrected chi connectivity index (χ3v) is 6.52. The zero-order valence-corrected chi connectivity index (χ0v) is 14.6. The second-order valence-corrected chi connectivity index (χ2v) is 8.83. The predicted octanol–water partition coefficient (Wildman–Crippen LogP) is 1.39. The highest BCUT2D eigenvalue weighted by atomic mass is 32.7. The Bertz CT molecular complexity index is 273. The van der Waals surface area contributed by atoms with E-state index in [1.165, 1.54) is 0 Å². The Morgan fingerprint density at radius 1 is 1.37 bits per heavy atom. The summed E-state index contributed by atoms with van der Waals surface area (Å²) < 4.78 is 17.3. The summed E-state index contributed by atoms with van der Waals surface area (Å²) in [7, 11) is 3.26. The molecule has 1 aliphatic heterocycles. The molecule has 4 nitrogen and oxygen atoms in total. The van der Waals surface area contributed by atoms with E-state index in [2.05, 4.69) is 31.2 Å². The summed E-state index contributed by atoms with van der Waals surface area (Å²) in [6, 6.07) is 0.219. The van der Waals surface area contributed by atoms with Crippen LogP contribution in [-0.2, 0) is 14.2 Å². The summed E-state index contributed by atoms with van der Waals surface area (Å²) in [5.74, 6) is 0. The highest BCUT2D eigenvalue weighted by Crippen LogP contribution is 2.43. The maximum absolute atomic E-state index is 5.97. The van der Waals surface area contributed by atoms with Crippen LogP contribution in [0.1, 0.15) is 27.7 Å². The molecule has 1 N–H and O–H groups in total. The fraction of sp³-hybridized carbons (Fsp3) is 1.00. The molecule has 0 saturated carbocycles. The molecule has 0 amide bonds. The highest BCUT2D eigenvalue weighted by Gasteiger charge is 2.43. The molecule has 112 valence electrons. The first-order chi connectivity index (χ1) is 8.86. The Balaban J connectivity index is 2.66. The number of hydrogen-bond acceptors (Lipinski definition) is 5. The normalized spacial score (nSPS) is 33.3. The Hall–Kier alpha value is 0.685. The minimum atomic E-state index is -0.526. The van der Waals surface area contributed by atoms with Gasteiger partial charge < -0.3 is 14.2 Å². The SMILES string of the molecule is BC1OC(COC(C)C)C(NP(S)C(C)C)C1OC. The zero-order chi connectivity index (χ0) is 14.6. The van der Waals surface area contributed by atoms with E-state index in [1.807, 2.05) is 21.7 Å². The number of methoxy groups -OCH3 is 1. The van der Waals surface area contributed by atoms with Gasteiger partial charge in [-0.05, 0) is 19.5 Å². The molecule has 5 unspecified atom stereocenters. The van der Waals surface area contributed by atoms with Crippen molar-refractivity contribution in [3.63, 3.8) is 0 Å². The minimum absolute atomic E-state index is 0.0262. The van der Waals surface area contributed by atoms with Gasteiger partial charge in [0.05, 0.1) is 37.0 Å². The van der Waals surface area contributed by atoms with Gasteiger partial charge in [-0.15, -0.1) is 12.2 Å². The van der Waals surface area contributed by atoms with Gasteiger partial charge in [-0.2, -0.15) is 0 Å². The van der Waals surface area contributed by atoms with Crippen molar-refractivity contribution in [3.8, 4) is 0 Å². The number of nitrogens with one attached hydrogen (secondary N) is 1. The second kappa shape index (κ2) is 8.21. The van der Waals surface area contributed by atoms with Gasteiger partial charge in [-0.1, -0.05) is 13.8 Å². The number of rotatable bonds is 7. The first-order valence-electron chi connectivity index (χ1n) is 6.91. The Morgan fingerprint density at radius 2 is 2.00 bits per heavy atom. The van der Waals surface area contributed by atoms with Crippen LogP contribution in [0.4, 0.5) is 0 Å². The molecule has 0 bridgehead atoms. The number of thiol groups is 1. The van der Waals surface area contributed by atoms with E-state index in [0.29, 0.717) is 12.3 Å². The van der Waals surface area contributed by atoms with Gasteiger partial charge in [0.25, 0.3) is 0 Å². The van der Waals surface area contributed by atoms with E-state index < -0.39 is 7.27 Å². The molecule has 0 aromatic carbocycles. The Kier molecular flexibility index (Phi) is 7.66. The first kappa shape index (κ1) is 17.7. The van der Waals surface area contributed by atoms with Crippen molar-refractivity contribution in [2.75, 3.05) is 13.7 Å². The summed E-state index contributed by atoms with van der Waals surface area (Å²) >= 11 is 4.66. The van der Waals surface area contributed by atoms with Crippen LogP contribution < -0.4 is 5.09 Å². The van der Waals surface area contributed by atoms with E-state index in [4.69, 9.17) is 14.2 Å². The van der Waals surface area contributed by atoms with Gasteiger partial charge in [0, 0.05) is 14.4 Å². The second-order valence-electron chi connectivity index (χ2n) is 5.56. The van der Waals surface area contributed by atoms with Crippen LogP contribution in [0.3, 0.4) is 0 Å². The summed E-state index contributed by atoms with van der Waals surface area (Å²) in [6.45, 7) is 9.01. The van der Waals surface area contributed by atoms with Crippen LogP contribution in [0.25, 0.3) is 0 Å². The first-order valence-corrected chi connectivity index (χ1v) is 9.47. The summed E-state index contributed by atoms with van der Waals surface area (Å²) in [5.41, 5.74) is 0.512. The van der Waals surface area contributed by atoms with Gasteiger partial charge in [0.15, 0.2) is 0 Å². The third-order valence-electron chi connectivity index (χ3n) is 3.24. The Morgan fingerprint density at radius 3 is 2.47 bits per heavy atom. The van der Waals surface area contributed by atoms with Crippen molar-refractivity contribution in [3.05, 3.63) is 0 Å². The van der Waals surface area contributed by atoms with E-state index in [0.717, 1.165) is 0 Å². The molecule has 0 aromatic heterocycles. The molecular weight excluding hydrogens is 280 g/mol. The monoisotopic (exact) mass is 307 g/mol. The molecule has 19 heavy (non-hydrogen) atoms. The molecule has 1 saturated heterocycles. The molecule has 0 spiro atoms. The van der Waals surface area contributed by atoms with Crippen molar-refractivity contribution in [1.82, 2.24) is 5.09 Å². The van der Waals surface area contributed by atoms with Gasteiger partial charge in [0.2, 0.25) is 0 Å². The van der Waals surface area contributed by atoms with Crippen molar-refractivity contribution in [2.45, 2.75) is 63.7 Å². The van der Waals surface area contributed by atoms with Crippen molar-refractivity contribution in [2.24, 2.45) is 0 Å². The maximum atomic E-state index is 5.97. The van der Waals surface area contributed by atoms with Crippen molar-refractivity contribution in [1.29, 1.82) is 0 Å². The average Bonchev–Trinajstić information content (AvgIpc) is 2.62. The maximum Gasteiger partial charge on any atom is 0.142 e. The lowest BCUT2D eigenvalue weighted by atomic mass is 9.92. The zero-order valence-electron chi connectivity index (χ0n) is 12.8. The quantitative estimate of drug-likeness (QED) is 0.424. The molecule has 1 aliphatic rings. The van der Waals surface area contributed by atoms with Crippen LogP contribution in [0.2, 0.25) is 0 Å². The van der Waals surface area contributed by atoms with Crippen LogP contribution in [0.5, 0.6) is 0 Å². The van der Waals surface area contributed by atoms with Crippen molar-refractivity contribution < 1.29 is 14.2 Å². The standard InChI is InChI=1S/C12H27BNO3PS/c1-7(2)16-6-9-10(14-18(19)8(3)4)11(15-5)12(13)17-9/h7-12,14,19H,6,13H2,1-5H3. The third kappa shape index (κ3) is 5.18. The predicted molar refractivity (Wildman–Crippen MR) is 87.1 cm³/mol. The van der Waals surface area contributed by atoms with Crippen LogP contribution in [0.15, 0.2) is 0 Å². The molecule has 5 atom stereocenters. The van der Waals surface area contributed by atoms with Gasteiger partial charge in [-0.3, -0.25) is 5.09 Å². The molecule has 1 fully saturated rings. The summed E-state index contributed by atoms with van der Waals surface area (Å²) in [5, 5.41) is 3.58. The molecule has 1 heterocycles. The smallest absolute Gasteiger partial charge is 0.142 e. The van der Waals surface area contributed by atoms with Crippen molar-refractivity contribution >= 4 is 27.4 Å². The fourth-order valence-electron chi connectivity index (χ4n) is 2.17. The Labute approximate surface area is 124 Å². The van der Waals surface area contributed by atoms with Crippen LogP contribution in [0, 0.1) is 0 Å². The topological polar surface area (TPSA) is 39.7 Å². The molecule has 1 rings (SSSR count). The van der Waals surface area contributed by atoms with Crippen LogP contribution >= 0.6 is 19.5 Å². The highest BCUT2D eigenvalue weighted by molar-refractivity contribution is 8.44. The minimum Gasteiger partial charge on any atom is -0.378 e. The fourth-order valence-corrected chi connectivity index (χ4v) is 3.49. The van der Waals surface area contributed by atoms with E-state index in [-0.39, 0.29) is 30.4 Å². The average molecular weight is 307 g/mol. The molecule has 0 aliphatic carbocycles. The molecule has 0 radical (unpaired) electrons. The van der Waals surface area contributed by atoms with E-state index in [9.17, 15) is 0 Å². The van der Waals surface area contributed by atoms with Crippen LogP contribution in [-0.4, -0.2) is 57.6 Å². The lowest BCUT2D eigenvalue weighted by Crippen LogP contribution is -2.45. The van der Waals surface area contributed by atoms with E-state index in [1.54, 1.807) is 7.11 Å². The van der Waals surface area contributed by atoms with Gasteiger partial charge >= 0.3 is 0 Å².